The average molecular weight is 498 g/mol. The van der Waals surface area contributed by atoms with Crippen LogP contribution >= 0.6 is 27.3 Å². The largest absolute Gasteiger partial charge is 0.493 e. The van der Waals surface area contributed by atoms with Crippen LogP contribution in [-0.2, 0) is 0 Å². The summed E-state index contributed by atoms with van der Waals surface area (Å²) in [5.41, 5.74) is 10.1. The summed E-state index contributed by atoms with van der Waals surface area (Å²) in [7, 11) is 3.19. The Hall–Kier alpha value is -3.10. The number of anilines is 2. The number of aryl methyl sites for hydroxylation is 1. The molecular formula is C23H20BrN3O3S. The number of nitrogens with two attached hydrogens (primary N) is 1. The average Bonchev–Trinajstić information content (AvgIpc) is 3.11. The van der Waals surface area contributed by atoms with Crippen LogP contribution < -0.4 is 20.5 Å². The summed E-state index contributed by atoms with van der Waals surface area (Å²) >= 11 is 4.70. The Morgan fingerprint density at radius 1 is 1.06 bits per heavy atom. The van der Waals surface area contributed by atoms with Crippen LogP contribution in [0.3, 0.4) is 0 Å². The molecule has 3 N–H and O–H groups in total. The van der Waals surface area contributed by atoms with Crippen LogP contribution in [0.1, 0.15) is 15.2 Å². The fraction of sp³-hybridized carbons (Fsp3) is 0.130. The van der Waals surface area contributed by atoms with Crippen molar-refractivity contribution in [2.45, 2.75) is 6.92 Å². The van der Waals surface area contributed by atoms with Gasteiger partial charge in [0, 0.05) is 21.1 Å². The third-order valence-electron chi connectivity index (χ3n) is 4.92. The van der Waals surface area contributed by atoms with Crippen LogP contribution in [0.15, 0.2) is 53.0 Å². The Balaban J connectivity index is 1.68. The minimum atomic E-state index is -0.251. The lowest BCUT2D eigenvalue weighted by Crippen LogP contribution is -2.12. The number of hydrogen-bond acceptors (Lipinski definition) is 6. The standard InChI is InChI=1S/C23H20BrN3O3S/c1-12-10-14(24)5-7-16(12)26-22(28)21-20(25)15-6-8-17(27-23(15)31-21)13-4-9-18(29-2)19(11-13)30-3/h4-11H,25H2,1-3H3,(H,26,28). The van der Waals surface area contributed by atoms with E-state index in [2.05, 4.69) is 21.2 Å². The molecule has 0 saturated heterocycles. The number of aromatic nitrogens is 1. The summed E-state index contributed by atoms with van der Waals surface area (Å²) in [6, 6.07) is 15.1. The number of hydrogen-bond donors (Lipinski definition) is 2. The number of carbonyl (C=O) groups excluding carboxylic acids is 1. The molecule has 158 valence electrons. The molecule has 8 heteroatoms. The predicted molar refractivity (Wildman–Crippen MR) is 129 cm³/mol. The molecule has 2 aromatic carbocycles. The minimum Gasteiger partial charge on any atom is -0.493 e. The number of nitrogens with one attached hydrogen (secondary N) is 1. The molecule has 2 aromatic heterocycles. The summed E-state index contributed by atoms with van der Waals surface area (Å²) in [6.45, 7) is 1.94. The highest BCUT2D eigenvalue weighted by Gasteiger charge is 2.19. The maximum atomic E-state index is 12.9. The van der Waals surface area contributed by atoms with Crippen molar-refractivity contribution >= 4 is 54.8 Å². The number of halogens is 1. The molecule has 0 radical (unpaired) electrons. The Morgan fingerprint density at radius 2 is 1.84 bits per heavy atom. The molecule has 0 aliphatic heterocycles. The predicted octanol–water partition coefficient (Wildman–Crippen LogP) is 5.89. The van der Waals surface area contributed by atoms with Crippen molar-refractivity contribution < 1.29 is 14.3 Å². The second-order valence-electron chi connectivity index (χ2n) is 6.88. The number of thiophene rings is 1. The molecule has 1 amide bonds. The highest BCUT2D eigenvalue weighted by Crippen LogP contribution is 2.36. The molecule has 0 spiro atoms. The van der Waals surface area contributed by atoms with E-state index in [9.17, 15) is 4.79 Å². The Kier molecular flexibility index (Phi) is 5.84. The van der Waals surface area contributed by atoms with Crippen molar-refractivity contribution in [3.63, 3.8) is 0 Å². The first kappa shape index (κ1) is 21.1. The maximum absolute atomic E-state index is 12.9. The fourth-order valence-electron chi connectivity index (χ4n) is 3.27. The smallest absolute Gasteiger partial charge is 0.267 e. The number of ether oxygens (including phenoxy) is 2. The Labute approximate surface area is 192 Å². The molecular weight excluding hydrogens is 478 g/mol. The van der Waals surface area contributed by atoms with Crippen molar-refractivity contribution in [2.75, 3.05) is 25.3 Å². The highest BCUT2D eigenvalue weighted by atomic mass is 79.9. The van der Waals surface area contributed by atoms with Crippen LogP contribution in [0.25, 0.3) is 21.5 Å². The van der Waals surface area contributed by atoms with E-state index in [1.807, 2.05) is 55.5 Å². The third kappa shape index (κ3) is 4.08. The number of benzene rings is 2. The second-order valence-corrected chi connectivity index (χ2v) is 8.79. The normalized spacial score (nSPS) is 10.8. The molecule has 0 bridgehead atoms. The van der Waals surface area contributed by atoms with E-state index in [1.165, 1.54) is 11.3 Å². The summed E-state index contributed by atoms with van der Waals surface area (Å²) < 4.78 is 11.6. The Morgan fingerprint density at radius 3 is 2.55 bits per heavy atom. The number of amides is 1. The summed E-state index contributed by atoms with van der Waals surface area (Å²) in [5.74, 6) is 1.02. The van der Waals surface area contributed by atoms with Gasteiger partial charge in [0.25, 0.3) is 5.91 Å². The fourth-order valence-corrected chi connectivity index (χ4v) is 4.73. The van der Waals surface area contributed by atoms with Gasteiger partial charge in [-0.05, 0) is 61.0 Å². The number of nitrogen functional groups attached to an aromatic ring is 1. The van der Waals surface area contributed by atoms with Crippen LogP contribution in [-0.4, -0.2) is 25.1 Å². The van der Waals surface area contributed by atoms with Gasteiger partial charge in [-0.2, -0.15) is 0 Å². The number of carbonyl (C=O) groups is 1. The molecule has 2 heterocycles. The molecule has 0 unspecified atom stereocenters. The first-order valence-electron chi connectivity index (χ1n) is 9.40. The van der Waals surface area contributed by atoms with E-state index in [4.69, 9.17) is 20.2 Å². The summed E-state index contributed by atoms with van der Waals surface area (Å²) in [4.78, 5) is 18.8. The topological polar surface area (TPSA) is 86.5 Å². The second kappa shape index (κ2) is 8.56. The minimum absolute atomic E-state index is 0.251. The van der Waals surface area contributed by atoms with E-state index in [0.717, 1.165) is 32.4 Å². The number of fused-ring (bicyclic) bond motifs is 1. The van der Waals surface area contributed by atoms with Crippen LogP contribution in [0.2, 0.25) is 0 Å². The lowest BCUT2D eigenvalue weighted by Gasteiger charge is -2.09. The molecule has 4 aromatic rings. The van der Waals surface area contributed by atoms with Gasteiger partial charge >= 0.3 is 0 Å². The number of pyridine rings is 1. The van der Waals surface area contributed by atoms with Crippen LogP contribution in [0.5, 0.6) is 11.5 Å². The zero-order valence-corrected chi connectivity index (χ0v) is 19.6. The Bertz CT molecular complexity index is 1300. The number of methoxy groups -OCH3 is 2. The third-order valence-corrected chi connectivity index (χ3v) is 6.52. The lowest BCUT2D eigenvalue weighted by molar-refractivity contribution is 0.103. The van der Waals surface area contributed by atoms with Gasteiger partial charge in [0.05, 0.1) is 25.6 Å². The molecule has 0 fully saturated rings. The zero-order valence-electron chi connectivity index (χ0n) is 17.2. The van der Waals surface area contributed by atoms with Gasteiger partial charge in [-0.25, -0.2) is 4.98 Å². The molecule has 0 aliphatic carbocycles. The zero-order chi connectivity index (χ0) is 22.1. The van der Waals surface area contributed by atoms with E-state index >= 15 is 0 Å². The molecule has 31 heavy (non-hydrogen) atoms. The maximum Gasteiger partial charge on any atom is 0.267 e. The van der Waals surface area contributed by atoms with Gasteiger partial charge in [-0.15, -0.1) is 11.3 Å². The van der Waals surface area contributed by atoms with Gasteiger partial charge in [0.1, 0.15) is 9.71 Å². The molecule has 0 atom stereocenters. The SMILES string of the molecule is COc1ccc(-c2ccc3c(N)c(C(=O)Nc4ccc(Br)cc4C)sc3n2)cc1OC. The van der Waals surface area contributed by atoms with Gasteiger partial charge in [0.15, 0.2) is 11.5 Å². The first-order chi connectivity index (χ1) is 14.9. The van der Waals surface area contributed by atoms with Crippen molar-refractivity contribution in [1.29, 1.82) is 0 Å². The highest BCUT2D eigenvalue weighted by molar-refractivity contribution is 9.10. The first-order valence-corrected chi connectivity index (χ1v) is 11.0. The molecule has 0 saturated carbocycles. The van der Waals surface area contributed by atoms with E-state index in [0.29, 0.717) is 26.9 Å². The summed E-state index contributed by atoms with van der Waals surface area (Å²) in [5, 5.41) is 3.70. The number of rotatable bonds is 5. The lowest BCUT2D eigenvalue weighted by atomic mass is 10.1. The van der Waals surface area contributed by atoms with Crippen LogP contribution in [0.4, 0.5) is 11.4 Å². The van der Waals surface area contributed by atoms with E-state index < -0.39 is 0 Å². The quantitative estimate of drug-likeness (QED) is 0.359. The molecule has 4 rings (SSSR count). The monoisotopic (exact) mass is 497 g/mol. The van der Waals surface area contributed by atoms with Gasteiger partial charge in [-0.1, -0.05) is 15.9 Å². The van der Waals surface area contributed by atoms with Crippen molar-refractivity contribution in [2.24, 2.45) is 0 Å². The number of nitrogens with zero attached hydrogens (tertiary/aromatic N) is 1. The van der Waals surface area contributed by atoms with Crippen LogP contribution in [0, 0.1) is 6.92 Å². The van der Waals surface area contributed by atoms with Crippen molar-refractivity contribution in [3.05, 3.63) is 63.4 Å². The van der Waals surface area contributed by atoms with Gasteiger partial charge in [-0.3, -0.25) is 4.79 Å². The van der Waals surface area contributed by atoms with Crippen molar-refractivity contribution in [1.82, 2.24) is 4.98 Å². The molecule has 6 nitrogen and oxygen atoms in total. The van der Waals surface area contributed by atoms with Crippen molar-refractivity contribution in [3.8, 4) is 22.8 Å². The van der Waals surface area contributed by atoms with E-state index in [1.54, 1.807) is 14.2 Å². The van der Waals surface area contributed by atoms with E-state index in [-0.39, 0.29) is 5.91 Å². The van der Waals surface area contributed by atoms with Gasteiger partial charge < -0.3 is 20.5 Å². The molecule has 0 aliphatic rings. The van der Waals surface area contributed by atoms with Gasteiger partial charge in [0.2, 0.25) is 0 Å². The summed E-state index contributed by atoms with van der Waals surface area (Å²) in [6.07, 6.45) is 0.